The lowest BCUT2D eigenvalue weighted by atomic mass is 10.1. The molecule has 1 aromatic rings. The summed E-state index contributed by atoms with van der Waals surface area (Å²) >= 11 is 0. The number of ether oxygens (including phenoxy) is 2. The highest BCUT2D eigenvalue weighted by Gasteiger charge is 2.15. The Balaban J connectivity index is 0.00000392. The average molecular weight is 506 g/mol. The summed E-state index contributed by atoms with van der Waals surface area (Å²) in [6, 6.07) is 7.57. The molecule has 1 saturated heterocycles. The van der Waals surface area contributed by atoms with Crippen molar-refractivity contribution in [2.75, 3.05) is 53.0 Å². The molecule has 28 heavy (non-hydrogen) atoms. The Kier molecular flexibility index (Phi) is 13.0. The number of aliphatic hydroxyl groups excluding tert-OH is 1. The van der Waals surface area contributed by atoms with Gasteiger partial charge in [0.05, 0.1) is 19.8 Å². The molecule has 0 amide bonds. The number of hydrogen-bond acceptors (Lipinski definition) is 5. The molecule has 0 aliphatic carbocycles. The first-order valence-corrected chi connectivity index (χ1v) is 9.90. The average Bonchev–Trinajstić information content (AvgIpc) is 2.70. The molecule has 3 N–H and O–H groups in total. The van der Waals surface area contributed by atoms with E-state index < -0.39 is 0 Å². The van der Waals surface area contributed by atoms with Gasteiger partial charge in [0.1, 0.15) is 18.1 Å². The van der Waals surface area contributed by atoms with Crippen LogP contribution in [0.5, 0.6) is 11.5 Å². The van der Waals surface area contributed by atoms with Gasteiger partial charge < -0.3 is 30.1 Å². The van der Waals surface area contributed by atoms with E-state index >= 15 is 0 Å². The molecule has 1 aliphatic heterocycles. The number of aliphatic hydroxyl groups is 1. The molecule has 8 heteroatoms. The number of likely N-dealkylation sites (tertiary alicyclic amines) is 1. The summed E-state index contributed by atoms with van der Waals surface area (Å²) in [5.41, 5.74) is 0. The van der Waals surface area contributed by atoms with Gasteiger partial charge in [-0.3, -0.25) is 4.99 Å². The second kappa shape index (κ2) is 14.7. The van der Waals surface area contributed by atoms with Gasteiger partial charge in [-0.25, -0.2) is 0 Å². The van der Waals surface area contributed by atoms with Gasteiger partial charge in [0.15, 0.2) is 5.96 Å². The minimum Gasteiger partial charge on any atom is -0.497 e. The molecule has 0 radical (unpaired) electrons. The molecular formula is C20H35IN4O3. The first-order chi connectivity index (χ1) is 13.2. The van der Waals surface area contributed by atoms with Crippen molar-refractivity contribution in [1.82, 2.24) is 15.5 Å². The number of piperidine rings is 1. The Bertz CT molecular complexity index is 549. The van der Waals surface area contributed by atoms with Crippen LogP contribution in [-0.2, 0) is 0 Å². The molecule has 1 heterocycles. The van der Waals surface area contributed by atoms with Crippen molar-refractivity contribution in [3.8, 4) is 11.5 Å². The van der Waals surface area contributed by atoms with Gasteiger partial charge in [-0.1, -0.05) is 0 Å². The van der Waals surface area contributed by atoms with E-state index in [4.69, 9.17) is 9.47 Å². The third kappa shape index (κ3) is 9.79. The smallest absolute Gasteiger partial charge is 0.191 e. The third-order valence-corrected chi connectivity index (χ3v) is 4.53. The van der Waals surface area contributed by atoms with E-state index in [0.29, 0.717) is 13.2 Å². The van der Waals surface area contributed by atoms with Gasteiger partial charge >= 0.3 is 0 Å². The molecule has 0 unspecified atom stereocenters. The molecule has 1 aliphatic rings. The van der Waals surface area contributed by atoms with Crippen molar-refractivity contribution in [3.05, 3.63) is 24.3 Å². The van der Waals surface area contributed by atoms with E-state index in [2.05, 4.69) is 27.4 Å². The van der Waals surface area contributed by atoms with Crippen molar-refractivity contribution in [3.63, 3.8) is 0 Å². The van der Waals surface area contributed by atoms with E-state index in [1.54, 1.807) is 7.11 Å². The fraction of sp³-hybridized carbons (Fsp3) is 0.650. The number of methoxy groups -OCH3 is 1. The summed E-state index contributed by atoms with van der Waals surface area (Å²) in [6.07, 6.45) is 2.70. The van der Waals surface area contributed by atoms with Crippen molar-refractivity contribution in [2.24, 2.45) is 4.99 Å². The Morgan fingerprint density at radius 2 is 1.86 bits per heavy atom. The van der Waals surface area contributed by atoms with Crippen LogP contribution in [0.25, 0.3) is 0 Å². The van der Waals surface area contributed by atoms with Crippen LogP contribution in [0.2, 0.25) is 0 Å². The SMILES string of the molecule is CCNC(=NCCCN1CCC(O)CC1)NCCOc1ccc(OC)cc1.I. The Morgan fingerprint density at radius 3 is 2.50 bits per heavy atom. The first-order valence-electron chi connectivity index (χ1n) is 9.90. The highest BCUT2D eigenvalue weighted by atomic mass is 127. The van der Waals surface area contributed by atoms with E-state index in [9.17, 15) is 5.11 Å². The zero-order valence-electron chi connectivity index (χ0n) is 17.0. The van der Waals surface area contributed by atoms with Crippen LogP contribution in [0.3, 0.4) is 0 Å². The first kappa shape index (κ1) is 24.8. The fourth-order valence-electron chi connectivity index (χ4n) is 2.98. The molecule has 160 valence electrons. The fourth-order valence-corrected chi connectivity index (χ4v) is 2.98. The number of aliphatic imine (C=N–C) groups is 1. The molecule has 0 bridgehead atoms. The van der Waals surface area contributed by atoms with Crippen LogP contribution in [0.1, 0.15) is 26.2 Å². The normalized spacial score (nSPS) is 15.6. The second-order valence-electron chi connectivity index (χ2n) is 6.64. The second-order valence-corrected chi connectivity index (χ2v) is 6.64. The quantitative estimate of drug-likeness (QED) is 0.195. The maximum atomic E-state index is 9.55. The van der Waals surface area contributed by atoms with Gasteiger partial charge in [-0.05, 0) is 57.0 Å². The lowest BCUT2D eigenvalue weighted by molar-refractivity contribution is 0.0824. The Hall–Kier alpha value is -1.26. The minimum atomic E-state index is -0.107. The van der Waals surface area contributed by atoms with E-state index in [1.165, 1.54) is 0 Å². The molecule has 1 fully saturated rings. The summed E-state index contributed by atoms with van der Waals surface area (Å²) in [4.78, 5) is 7.03. The summed E-state index contributed by atoms with van der Waals surface area (Å²) in [7, 11) is 1.65. The summed E-state index contributed by atoms with van der Waals surface area (Å²) in [6.45, 7) is 7.94. The largest absolute Gasteiger partial charge is 0.497 e. The van der Waals surface area contributed by atoms with Crippen LogP contribution >= 0.6 is 24.0 Å². The van der Waals surface area contributed by atoms with Gasteiger partial charge in [0.2, 0.25) is 0 Å². The maximum Gasteiger partial charge on any atom is 0.191 e. The number of guanidine groups is 1. The number of nitrogens with zero attached hydrogens (tertiary/aromatic N) is 2. The summed E-state index contributed by atoms with van der Waals surface area (Å²) in [5, 5.41) is 16.1. The maximum absolute atomic E-state index is 9.55. The number of rotatable bonds is 10. The van der Waals surface area contributed by atoms with Crippen molar-refractivity contribution >= 4 is 29.9 Å². The standard InChI is InChI=1S/C20H34N4O3.HI/c1-3-21-20(22-11-4-13-24-14-9-17(25)10-15-24)23-12-16-27-19-7-5-18(26-2)6-8-19;/h5-8,17,25H,3-4,9-16H2,1-2H3,(H2,21,22,23);1H. The van der Waals surface area contributed by atoms with Crippen LogP contribution in [0.4, 0.5) is 0 Å². The number of hydrogen-bond donors (Lipinski definition) is 3. The third-order valence-electron chi connectivity index (χ3n) is 4.53. The monoisotopic (exact) mass is 506 g/mol. The van der Waals surface area contributed by atoms with Crippen LogP contribution in [0, 0.1) is 0 Å². The van der Waals surface area contributed by atoms with Crippen LogP contribution < -0.4 is 20.1 Å². The molecule has 0 spiro atoms. The van der Waals surface area contributed by atoms with Gasteiger partial charge in [0, 0.05) is 26.2 Å². The Labute approximate surface area is 185 Å². The van der Waals surface area contributed by atoms with Crippen LogP contribution in [0.15, 0.2) is 29.3 Å². The highest BCUT2D eigenvalue weighted by molar-refractivity contribution is 14.0. The van der Waals surface area contributed by atoms with Gasteiger partial charge in [-0.15, -0.1) is 24.0 Å². The predicted octanol–water partition coefficient (Wildman–Crippen LogP) is 2.09. The zero-order chi connectivity index (χ0) is 19.3. The predicted molar refractivity (Wildman–Crippen MR) is 124 cm³/mol. The van der Waals surface area contributed by atoms with E-state index in [-0.39, 0.29) is 30.1 Å². The van der Waals surface area contributed by atoms with Gasteiger partial charge in [0.25, 0.3) is 0 Å². The highest BCUT2D eigenvalue weighted by Crippen LogP contribution is 2.16. The molecular weight excluding hydrogens is 471 g/mol. The van der Waals surface area contributed by atoms with E-state index in [0.717, 1.165) is 69.4 Å². The zero-order valence-corrected chi connectivity index (χ0v) is 19.4. The minimum absolute atomic E-state index is 0. The van der Waals surface area contributed by atoms with Crippen LogP contribution in [-0.4, -0.2) is 75.1 Å². The molecule has 0 saturated carbocycles. The van der Waals surface area contributed by atoms with Gasteiger partial charge in [-0.2, -0.15) is 0 Å². The summed E-state index contributed by atoms with van der Waals surface area (Å²) in [5.74, 6) is 2.47. The number of nitrogens with one attached hydrogen (secondary N) is 2. The number of benzene rings is 1. The molecule has 0 atom stereocenters. The lowest BCUT2D eigenvalue weighted by Gasteiger charge is -2.29. The lowest BCUT2D eigenvalue weighted by Crippen LogP contribution is -2.39. The molecule has 2 rings (SSSR count). The van der Waals surface area contributed by atoms with Crippen molar-refractivity contribution < 1.29 is 14.6 Å². The topological polar surface area (TPSA) is 78.4 Å². The van der Waals surface area contributed by atoms with E-state index in [1.807, 2.05) is 24.3 Å². The summed E-state index contributed by atoms with van der Waals surface area (Å²) < 4.78 is 10.9. The van der Waals surface area contributed by atoms with Crippen molar-refractivity contribution in [2.45, 2.75) is 32.3 Å². The molecule has 0 aromatic heterocycles. The number of halogens is 1. The molecule has 1 aromatic carbocycles. The Morgan fingerprint density at radius 1 is 1.18 bits per heavy atom. The molecule has 7 nitrogen and oxygen atoms in total. The van der Waals surface area contributed by atoms with Crippen molar-refractivity contribution in [1.29, 1.82) is 0 Å².